The number of cyclic esters (lactones) is 1. The third kappa shape index (κ3) is 3.12. The number of nitrogens with two attached hydrogens (primary N) is 1. The highest BCUT2D eigenvalue weighted by molar-refractivity contribution is 6.00. The van der Waals surface area contributed by atoms with Crippen LogP contribution in [0.1, 0.15) is 35.8 Å². The number of esters is 1. The van der Waals surface area contributed by atoms with Crippen molar-refractivity contribution in [2.45, 2.75) is 26.0 Å². The standard InChI is InChI=1S/C18H18FN5O3/c1-9-8-26-18(25)15-16(20)23-24-6-5-14(22-17(15)24)21-10(2)12-7-11(19)3-4-13(12)27-9/h3-7,9-10H,8H2,1-2H3,(H2,20,23)(H,21,22)/t9-,10?/m0/s1. The maximum absolute atomic E-state index is 13.8. The molecule has 1 aliphatic heterocycles. The van der Waals surface area contributed by atoms with Crippen LogP contribution in [0, 0.1) is 5.82 Å². The molecule has 2 atom stereocenters. The maximum atomic E-state index is 13.8. The molecule has 0 spiro atoms. The van der Waals surface area contributed by atoms with E-state index in [2.05, 4.69) is 15.4 Å². The second-order valence-electron chi connectivity index (χ2n) is 6.42. The van der Waals surface area contributed by atoms with Crippen LogP contribution >= 0.6 is 0 Å². The van der Waals surface area contributed by atoms with E-state index in [1.807, 2.05) is 6.92 Å². The van der Waals surface area contributed by atoms with E-state index in [1.54, 1.807) is 25.3 Å². The van der Waals surface area contributed by atoms with Gasteiger partial charge in [-0.25, -0.2) is 18.7 Å². The summed E-state index contributed by atoms with van der Waals surface area (Å²) in [5, 5.41) is 7.28. The molecule has 9 heteroatoms. The first kappa shape index (κ1) is 17.1. The summed E-state index contributed by atoms with van der Waals surface area (Å²) >= 11 is 0. The van der Waals surface area contributed by atoms with Gasteiger partial charge in [0.2, 0.25) is 0 Å². The van der Waals surface area contributed by atoms with Crippen molar-refractivity contribution < 1.29 is 18.7 Å². The molecule has 2 aromatic heterocycles. The number of rotatable bonds is 0. The minimum atomic E-state index is -0.630. The zero-order chi connectivity index (χ0) is 19.1. The highest BCUT2D eigenvalue weighted by Gasteiger charge is 2.24. The van der Waals surface area contributed by atoms with Crippen LogP contribution in [0.2, 0.25) is 0 Å². The number of nitrogen functional groups attached to an aromatic ring is 1. The zero-order valence-electron chi connectivity index (χ0n) is 14.8. The number of aromatic nitrogens is 3. The largest absolute Gasteiger partial charge is 0.487 e. The molecule has 0 amide bonds. The SMILES string of the molecule is CC1Nc2ccn3nc(N)c(c3n2)C(=O)OC[C@H](C)Oc2ccc(F)cc21. The Morgan fingerprint density at radius 2 is 2.15 bits per heavy atom. The number of carbonyl (C=O) groups excluding carboxylic acids is 1. The number of hydrogen-bond acceptors (Lipinski definition) is 7. The van der Waals surface area contributed by atoms with E-state index in [0.29, 0.717) is 17.1 Å². The molecule has 1 aliphatic rings. The van der Waals surface area contributed by atoms with Gasteiger partial charge in [-0.15, -0.1) is 5.10 Å². The van der Waals surface area contributed by atoms with Gasteiger partial charge in [-0.1, -0.05) is 0 Å². The summed E-state index contributed by atoms with van der Waals surface area (Å²) in [5.41, 5.74) is 6.88. The first-order chi connectivity index (χ1) is 12.9. The highest BCUT2D eigenvalue weighted by atomic mass is 19.1. The van der Waals surface area contributed by atoms with Crippen LogP contribution in [0.4, 0.5) is 16.0 Å². The summed E-state index contributed by atoms with van der Waals surface area (Å²) in [4.78, 5) is 16.9. The third-order valence-electron chi connectivity index (χ3n) is 4.30. The van der Waals surface area contributed by atoms with E-state index in [0.717, 1.165) is 0 Å². The fourth-order valence-corrected chi connectivity index (χ4v) is 3.00. The first-order valence-corrected chi connectivity index (χ1v) is 8.47. The lowest BCUT2D eigenvalue weighted by Crippen LogP contribution is -2.23. The van der Waals surface area contributed by atoms with Gasteiger partial charge in [0.25, 0.3) is 0 Å². The zero-order valence-corrected chi connectivity index (χ0v) is 14.8. The number of halogens is 1. The van der Waals surface area contributed by atoms with E-state index >= 15 is 0 Å². The average Bonchev–Trinajstić information content (AvgIpc) is 2.95. The van der Waals surface area contributed by atoms with Gasteiger partial charge in [0.1, 0.15) is 35.7 Å². The van der Waals surface area contributed by atoms with Crippen LogP contribution in [0.3, 0.4) is 0 Å². The van der Waals surface area contributed by atoms with Gasteiger partial charge in [0, 0.05) is 11.8 Å². The van der Waals surface area contributed by atoms with Crippen LogP contribution in [0.25, 0.3) is 5.65 Å². The predicted molar refractivity (Wildman–Crippen MR) is 96.2 cm³/mol. The van der Waals surface area contributed by atoms with Gasteiger partial charge in [0.05, 0.1) is 6.04 Å². The van der Waals surface area contributed by atoms with Crippen molar-refractivity contribution >= 4 is 23.3 Å². The van der Waals surface area contributed by atoms with Crippen LogP contribution in [0.15, 0.2) is 30.5 Å². The summed E-state index contributed by atoms with van der Waals surface area (Å²) < 4.78 is 26.4. The van der Waals surface area contributed by atoms with Gasteiger partial charge < -0.3 is 20.5 Å². The van der Waals surface area contributed by atoms with Crippen molar-refractivity contribution in [1.29, 1.82) is 0 Å². The monoisotopic (exact) mass is 371 g/mol. The minimum absolute atomic E-state index is 0.00602. The molecule has 2 bridgehead atoms. The van der Waals surface area contributed by atoms with Crippen LogP contribution in [0.5, 0.6) is 5.75 Å². The van der Waals surface area contributed by atoms with Crippen molar-refractivity contribution in [3.05, 3.63) is 47.4 Å². The molecule has 3 heterocycles. The quantitative estimate of drug-likeness (QED) is 0.585. The topological polar surface area (TPSA) is 104 Å². The fourth-order valence-electron chi connectivity index (χ4n) is 3.00. The number of benzene rings is 1. The Morgan fingerprint density at radius 1 is 1.33 bits per heavy atom. The number of fused-ring (bicyclic) bond motifs is 2. The van der Waals surface area contributed by atoms with E-state index in [9.17, 15) is 9.18 Å². The molecule has 27 heavy (non-hydrogen) atoms. The van der Waals surface area contributed by atoms with Crippen molar-refractivity contribution in [1.82, 2.24) is 14.6 Å². The molecule has 0 radical (unpaired) electrons. The molecule has 140 valence electrons. The molecule has 0 aliphatic carbocycles. The Labute approximate surface area is 154 Å². The van der Waals surface area contributed by atoms with Crippen LogP contribution in [-0.2, 0) is 4.74 Å². The molecule has 3 N–H and O–H groups in total. The number of nitrogens with one attached hydrogen (secondary N) is 1. The lowest BCUT2D eigenvalue weighted by molar-refractivity contribution is 0.0342. The molecule has 4 rings (SSSR count). The summed E-state index contributed by atoms with van der Waals surface area (Å²) in [6, 6.07) is 5.67. The molecular weight excluding hydrogens is 353 g/mol. The first-order valence-electron chi connectivity index (χ1n) is 8.47. The predicted octanol–water partition coefficient (Wildman–Crippen LogP) is 2.56. The second kappa shape index (κ2) is 6.42. The smallest absolute Gasteiger partial charge is 0.346 e. The number of nitrogens with zero attached hydrogens (tertiary/aromatic N) is 3. The van der Waals surface area contributed by atoms with Crippen molar-refractivity contribution in [2.75, 3.05) is 17.7 Å². The van der Waals surface area contributed by atoms with Gasteiger partial charge in [-0.05, 0) is 38.1 Å². The Bertz CT molecular complexity index is 1040. The van der Waals surface area contributed by atoms with E-state index in [4.69, 9.17) is 15.2 Å². The average molecular weight is 371 g/mol. The highest BCUT2D eigenvalue weighted by Crippen LogP contribution is 2.30. The van der Waals surface area contributed by atoms with E-state index in [1.165, 1.54) is 16.6 Å². The lowest BCUT2D eigenvalue weighted by atomic mass is 10.1. The summed E-state index contributed by atoms with van der Waals surface area (Å²) in [5.74, 6) is 0.0126. The second-order valence-corrected chi connectivity index (χ2v) is 6.42. The molecule has 1 aromatic carbocycles. The molecular formula is C18H18FN5O3. The maximum Gasteiger partial charge on any atom is 0.346 e. The van der Waals surface area contributed by atoms with Gasteiger partial charge in [0.15, 0.2) is 11.5 Å². The molecule has 8 nitrogen and oxygen atoms in total. The minimum Gasteiger partial charge on any atom is -0.487 e. The number of ether oxygens (including phenoxy) is 2. The van der Waals surface area contributed by atoms with E-state index < -0.39 is 12.1 Å². The van der Waals surface area contributed by atoms with E-state index in [-0.39, 0.29) is 35.5 Å². The lowest BCUT2D eigenvalue weighted by Gasteiger charge is -2.21. The van der Waals surface area contributed by atoms with Gasteiger partial charge >= 0.3 is 5.97 Å². The summed E-state index contributed by atoms with van der Waals surface area (Å²) in [6.45, 7) is 3.62. The van der Waals surface area contributed by atoms with Gasteiger partial charge in [-0.2, -0.15) is 0 Å². The Morgan fingerprint density at radius 3 is 2.96 bits per heavy atom. The molecule has 0 fully saturated rings. The van der Waals surface area contributed by atoms with Crippen LogP contribution < -0.4 is 15.8 Å². The Hall–Kier alpha value is -3.36. The normalized spacial score (nSPS) is 19.9. The Balaban J connectivity index is 1.84. The molecule has 0 saturated carbocycles. The van der Waals surface area contributed by atoms with Crippen molar-refractivity contribution in [3.63, 3.8) is 0 Å². The van der Waals surface area contributed by atoms with Crippen LogP contribution in [-0.4, -0.2) is 33.3 Å². The summed E-state index contributed by atoms with van der Waals surface area (Å²) in [7, 11) is 0. The number of carbonyl (C=O) groups is 1. The fraction of sp³-hybridized carbons (Fsp3) is 0.278. The van der Waals surface area contributed by atoms with Crippen molar-refractivity contribution in [3.8, 4) is 5.75 Å². The van der Waals surface area contributed by atoms with Gasteiger partial charge in [-0.3, -0.25) is 0 Å². The Kier molecular flexibility index (Phi) is 4.06. The van der Waals surface area contributed by atoms with Crippen molar-refractivity contribution in [2.24, 2.45) is 0 Å². The molecule has 1 unspecified atom stereocenters. The third-order valence-corrected chi connectivity index (χ3v) is 4.30. The molecule has 3 aromatic rings. The number of anilines is 2. The summed E-state index contributed by atoms with van der Waals surface area (Å²) in [6.07, 6.45) is 1.19. The molecule has 0 saturated heterocycles. The number of hydrogen-bond donors (Lipinski definition) is 2.